The molecule has 5 heteroatoms. The smallest absolute Gasteiger partial charge is 0.238 e. The fourth-order valence-electron chi connectivity index (χ4n) is 4.27. The van der Waals surface area contributed by atoms with Crippen LogP contribution in [-0.2, 0) is 10.3 Å². The van der Waals surface area contributed by atoms with E-state index >= 15 is 0 Å². The van der Waals surface area contributed by atoms with E-state index in [0.717, 1.165) is 32.9 Å². The lowest BCUT2D eigenvalue weighted by Gasteiger charge is -2.46. The summed E-state index contributed by atoms with van der Waals surface area (Å²) in [4.78, 5) is 16.2. The molecule has 0 spiro atoms. The number of carbonyl (C=O) groups is 1. The van der Waals surface area contributed by atoms with Crippen molar-refractivity contribution in [2.45, 2.75) is 38.3 Å². The van der Waals surface area contributed by atoms with E-state index < -0.39 is 11.5 Å². The van der Waals surface area contributed by atoms with Crippen molar-refractivity contribution in [1.82, 2.24) is 10.2 Å². The quantitative estimate of drug-likeness (QED) is 0.500. The molecule has 3 aromatic rings. The number of benzene rings is 2. The molecule has 4 rings (SSSR count). The third-order valence-electron chi connectivity index (χ3n) is 6.02. The van der Waals surface area contributed by atoms with Crippen molar-refractivity contribution in [3.63, 3.8) is 0 Å². The van der Waals surface area contributed by atoms with Crippen molar-refractivity contribution >= 4 is 17.2 Å². The summed E-state index contributed by atoms with van der Waals surface area (Å²) in [6, 6.07) is 17.9. The summed E-state index contributed by atoms with van der Waals surface area (Å²) in [5.74, 6) is 3.65. The van der Waals surface area contributed by atoms with Gasteiger partial charge >= 0.3 is 0 Å². The van der Waals surface area contributed by atoms with Crippen molar-refractivity contribution in [2.75, 3.05) is 7.05 Å². The highest BCUT2D eigenvalue weighted by atomic mass is 32.1. The van der Waals surface area contributed by atoms with Crippen LogP contribution in [-0.4, -0.2) is 24.0 Å². The average molecular weight is 457 g/mol. The van der Waals surface area contributed by atoms with Gasteiger partial charge in [0, 0.05) is 17.5 Å². The SMILES string of the molecule is C#Cc1cccc(-c2csc([C@@]3(C)NC(=C)N(C)C(=O)[C@@H]3c3ccc(OC(C)C)cc3)c2)c1. The number of hydrogen-bond acceptors (Lipinski definition) is 4. The number of hydrogen-bond donors (Lipinski definition) is 1. The van der Waals surface area contributed by atoms with E-state index in [2.05, 4.69) is 36.2 Å². The molecule has 0 saturated carbocycles. The molecule has 0 bridgehead atoms. The molecule has 1 saturated heterocycles. The zero-order chi connectivity index (χ0) is 23.8. The summed E-state index contributed by atoms with van der Waals surface area (Å²) < 4.78 is 5.79. The lowest BCUT2D eigenvalue weighted by atomic mass is 9.76. The van der Waals surface area contributed by atoms with Gasteiger partial charge in [-0.3, -0.25) is 4.79 Å². The molecule has 2 atom stereocenters. The van der Waals surface area contributed by atoms with E-state index in [9.17, 15) is 4.79 Å². The molecule has 1 aliphatic heterocycles. The number of amides is 1. The molecule has 0 radical (unpaired) electrons. The third-order valence-corrected chi connectivity index (χ3v) is 7.19. The highest BCUT2D eigenvalue weighted by Gasteiger charge is 2.48. The monoisotopic (exact) mass is 456 g/mol. The van der Waals surface area contributed by atoms with Gasteiger partial charge in [-0.1, -0.05) is 36.8 Å². The molecule has 0 unspecified atom stereocenters. The van der Waals surface area contributed by atoms with Crippen molar-refractivity contribution in [3.8, 4) is 29.2 Å². The van der Waals surface area contributed by atoms with Gasteiger partial charge in [-0.05, 0) is 73.2 Å². The number of rotatable bonds is 5. The molecule has 1 N–H and O–H groups in total. The Labute approximate surface area is 199 Å². The van der Waals surface area contributed by atoms with Gasteiger partial charge in [-0.2, -0.15) is 0 Å². The first-order valence-electron chi connectivity index (χ1n) is 10.9. The Morgan fingerprint density at radius 1 is 1.18 bits per heavy atom. The van der Waals surface area contributed by atoms with Gasteiger partial charge in [0.15, 0.2) is 0 Å². The van der Waals surface area contributed by atoms with Crippen LogP contribution in [0.15, 0.2) is 72.4 Å². The first-order chi connectivity index (χ1) is 15.7. The molecule has 1 amide bonds. The maximum absolute atomic E-state index is 13.5. The van der Waals surface area contributed by atoms with Crippen LogP contribution in [0.25, 0.3) is 11.1 Å². The van der Waals surface area contributed by atoms with Crippen LogP contribution in [0.2, 0.25) is 0 Å². The molecule has 0 aliphatic carbocycles. The second-order valence-electron chi connectivity index (χ2n) is 8.76. The molecular weight excluding hydrogens is 428 g/mol. The lowest BCUT2D eigenvalue weighted by molar-refractivity contribution is -0.134. The highest BCUT2D eigenvalue weighted by Crippen LogP contribution is 2.45. The summed E-state index contributed by atoms with van der Waals surface area (Å²) >= 11 is 1.63. The Morgan fingerprint density at radius 3 is 2.58 bits per heavy atom. The first-order valence-corrected chi connectivity index (χ1v) is 11.8. The normalized spacial score (nSPS) is 20.5. The van der Waals surface area contributed by atoms with E-state index in [1.165, 1.54) is 0 Å². The average Bonchev–Trinajstić information content (AvgIpc) is 3.30. The van der Waals surface area contributed by atoms with E-state index in [4.69, 9.17) is 11.2 Å². The van der Waals surface area contributed by atoms with Gasteiger partial charge in [-0.25, -0.2) is 0 Å². The molecule has 2 heterocycles. The third kappa shape index (κ3) is 4.27. The number of ether oxygens (including phenoxy) is 1. The zero-order valence-corrected chi connectivity index (χ0v) is 20.2. The first kappa shape index (κ1) is 22.7. The Bertz CT molecular complexity index is 1240. The van der Waals surface area contributed by atoms with E-state index in [1.54, 1.807) is 23.3 Å². The number of nitrogens with zero attached hydrogens (tertiary/aromatic N) is 1. The molecule has 33 heavy (non-hydrogen) atoms. The van der Waals surface area contributed by atoms with Crippen LogP contribution < -0.4 is 10.1 Å². The van der Waals surface area contributed by atoms with Crippen LogP contribution >= 0.6 is 11.3 Å². The predicted molar refractivity (Wildman–Crippen MR) is 135 cm³/mol. The number of carbonyl (C=O) groups excluding carboxylic acids is 1. The van der Waals surface area contributed by atoms with Gasteiger partial charge in [0.25, 0.3) is 0 Å². The molecule has 1 aromatic heterocycles. The Morgan fingerprint density at radius 2 is 1.91 bits per heavy atom. The Balaban J connectivity index is 1.75. The number of terminal acetylenes is 1. The number of thiophene rings is 1. The molecule has 4 nitrogen and oxygen atoms in total. The summed E-state index contributed by atoms with van der Waals surface area (Å²) in [7, 11) is 1.76. The maximum atomic E-state index is 13.5. The second-order valence-corrected chi connectivity index (χ2v) is 9.68. The van der Waals surface area contributed by atoms with Gasteiger partial charge in [0.2, 0.25) is 5.91 Å². The largest absolute Gasteiger partial charge is 0.491 e. The topological polar surface area (TPSA) is 41.6 Å². The summed E-state index contributed by atoms with van der Waals surface area (Å²) in [6.45, 7) is 10.1. The number of nitrogens with one attached hydrogen (secondary N) is 1. The van der Waals surface area contributed by atoms with Gasteiger partial charge < -0.3 is 15.0 Å². The molecule has 1 fully saturated rings. The molecule has 2 aromatic carbocycles. The maximum Gasteiger partial charge on any atom is 0.238 e. The minimum Gasteiger partial charge on any atom is -0.491 e. The summed E-state index contributed by atoms with van der Waals surface area (Å²) in [5, 5.41) is 5.64. The van der Waals surface area contributed by atoms with Crippen LogP contribution in [0.4, 0.5) is 0 Å². The van der Waals surface area contributed by atoms with E-state index in [-0.39, 0.29) is 12.0 Å². The van der Waals surface area contributed by atoms with Gasteiger partial charge in [-0.15, -0.1) is 17.8 Å². The van der Waals surface area contributed by atoms with Crippen molar-refractivity contribution in [2.24, 2.45) is 0 Å². The van der Waals surface area contributed by atoms with Crippen molar-refractivity contribution in [1.29, 1.82) is 0 Å². The van der Waals surface area contributed by atoms with Crippen LogP contribution in [0, 0.1) is 12.3 Å². The minimum atomic E-state index is -0.659. The fourth-order valence-corrected chi connectivity index (χ4v) is 5.34. The van der Waals surface area contributed by atoms with Crippen molar-refractivity contribution < 1.29 is 9.53 Å². The molecule has 1 aliphatic rings. The zero-order valence-electron chi connectivity index (χ0n) is 19.4. The van der Waals surface area contributed by atoms with Crippen LogP contribution in [0.1, 0.15) is 42.7 Å². The Kier molecular flexibility index (Phi) is 6.05. The highest BCUT2D eigenvalue weighted by molar-refractivity contribution is 7.10. The van der Waals surface area contributed by atoms with Crippen LogP contribution in [0.5, 0.6) is 5.75 Å². The predicted octanol–water partition coefficient (Wildman–Crippen LogP) is 5.72. The Hall–Kier alpha value is -3.49. The van der Waals surface area contributed by atoms with Crippen molar-refractivity contribution in [3.05, 3.63) is 88.4 Å². The number of likely N-dealkylation sites (N-methyl/N-ethyl adjacent to an activating group) is 1. The summed E-state index contributed by atoms with van der Waals surface area (Å²) in [5.41, 5.74) is 3.24. The fraction of sp³-hybridized carbons (Fsp3) is 0.250. The van der Waals surface area contributed by atoms with Gasteiger partial charge in [0.05, 0.1) is 17.6 Å². The standard InChI is InChI=1S/C28H28N2O2S/c1-7-20-9-8-10-22(15-20)23-16-25(33-17-23)28(5)26(27(31)30(6)19(4)29-28)21-11-13-24(14-12-21)32-18(2)3/h1,8-18,26,29H,4H2,2-3,5-6H3/t26-,28+/m0/s1. The second kappa shape index (κ2) is 8.80. The molecule has 168 valence electrons. The minimum absolute atomic E-state index is 0.00283. The summed E-state index contributed by atoms with van der Waals surface area (Å²) in [6.07, 6.45) is 5.67. The lowest BCUT2D eigenvalue weighted by Crippen LogP contribution is -2.57. The van der Waals surface area contributed by atoms with Gasteiger partial charge in [0.1, 0.15) is 11.6 Å². The van der Waals surface area contributed by atoms with Crippen LogP contribution in [0.3, 0.4) is 0 Å². The van der Waals surface area contributed by atoms with E-state index in [1.807, 2.05) is 62.4 Å². The molecular formula is C28H28N2O2S. The van der Waals surface area contributed by atoms with E-state index in [0.29, 0.717) is 5.82 Å².